The zero-order valence-corrected chi connectivity index (χ0v) is 12.9. The largest absolute Gasteiger partial charge is 0.339 e. The van der Waals surface area contributed by atoms with Gasteiger partial charge in [0.25, 0.3) is 0 Å². The van der Waals surface area contributed by atoms with E-state index in [-0.39, 0.29) is 5.92 Å². The molecule has 0 saturated heterocycles. The molecule has 2 aromatic rings. The Morgan fingerprint density at radius 2 is 1.95 bits per heavy atom. The van der Waals surface area contributed by atoms with Gasteiger partial charge in [-0.2, -0.15) is 4.98 Å². The quantitative estimate of drug-likeness (QED) is 0.936. The molecule has 0 aliphatic heterocycles. The highest BCUT2D eigenvalue weighted by Gasteiger charge is 2.28. The third-order valence-electron chi connectivity index (χ3n) is 2.93. The van der Waals surface area contributed by atoms with E-state index in [4.69, 9.17) is 10.3 Å². The third kappa shape index (κ3) is 3.42. The van der Waals surface area contributed by atoms with Gasteiger partial charge in [0.1, 0.15) is 0 Å². The molecule has 1 aromatic heterocycles. The molecule has 0 amide bonds. The zero-order chi connectivity index (χ0) is 14.0. The van der Waals surface area contributed by atoms with E-state index in [1.807, 2.05) is 45.0 Å². The van der Waals surface area contributed by atoms with Gasteiger partial charge in [0.15, 0.2) is 5.82 Å². The summed E-state index contributed by atoms with van der Waals surface area (Å²) in [6.07, 6.45) is 0.664. The van der Waals surface area contributed by atoms with Gasteiger partial charge in [0, 0.05) is 10.4 Å². The Hall–Kier alpha value is -1.20. The summed E-state index contributed by atoms with van der Waals surface area (Å²) < 4.78 is 6.27. The van der Waals surface area contributed by atoms with Crippen molar-refractivity contribution in [3.63, 3.8) is 0 Å². The second-order valence-electron chi connectivity index (χ2n) is 5.33. The summed E-state index contributed by atoms with van der Waals surface area (Å²) in [7, 11) is 0. The lowest BCUT2D eigenvalue weighted by molar-refractivity contribution is 0.345. The molecule has 19 heavy (non-hydrogen) atoms. The molecule has 1 aromatic carbocycles. The lowest BCUT2D eigenvalue weighted by Gasteiger charge is -2.20. The molecule has 5 heteroatoms. The summed E-state index contributed by atoms with van der Waals surface area (Å²) in [6, 6.07) is 8.08. The van der Waals surface area contributed by atoms with Crippen LogP contribution in [0.15, 0.2) is 33.3 Å². The maximum Gasteiger partial charge on any atom is 0.229 e. The molecule has 0 bridgehead atoms. The van der Waals surface area contributed by atoms with Crippen LogP contribution in [0.4, 0.5) is 0 Å². The molecule has 4 nitrogen and oxygen atoms in total. The Bertz CT molecular complexity index is 546. The Morgan fingerprint density at radius 1 is 1.32 bits per heavy atom. The third-order valence-corrected chi connectivity index (χ3v) is 3.46. The van der Waals surface area contributed by atoms with Crippen molar-refractivity contribution >= 4 is 15.9 Å². The van der Waals surface area contributed by atoms with Crippen molar-refractivity contribution in [2.45, 2.75) is 38.6 Å². The number of benzene rings is 1. The van der Waals surface area contributed by atoms with Crippen LogP contribution in [0.25, 0.3) is 0 Å². The lowest BCUT2D eigenvalue weighted by Crippen LogP contribution is -2.36. The molecule has 102 valence electrons. The Kier molecular flexibility index (Phi) is 4.06. The molecule has 1 heterocycles. The standard InChI is InChI=1S/C14H18BrN3O/c1-9(2)12-17-13(18-19-12)14(3,16)8-10-4-6-11(15)7-5-10/h4-7,9H,8,16H2,1-3H3. The van der Waals surface area contributed by atoms with Crippen molar-refractivity contribution < 1.29 is 4.52 Å². The van der Waals surface area contributed by atoms with Crippen LogP contribution in [0.2, 0.25) is 0 Å². The van der Waals surface area contributed by atoms with E-state index in [0.717, 1.165) is 10.0 Å². The minimum atomic E-state index is -0.634. The summed E-state index contributed by atoms with van der Waals surface area (Å²) in [5, 5.41) is 4.00. The first-order chi connectivity index (χ1) is 8.88. The summed E-state index contributed by atoms with van der Waals surface area (Å²) in [6.45, 7) is 5.95. The predicted octanol–water partition coefficient (Wildman–Crippen LogP) is 3.37. The Balaban J connectivity index is 2.18. The number of hydrogen-bond acceptors (Lipinski definition) is 4. The van der Waals surface area contributed by atoms with Gasteiger partial charge in [0.05, 0.1) is 5.54 Å². The predicted molar refractivity (Wildman–Crippen MR) is 77.8 cm³/mol. The summed E-state index contributed by atoms with van der Waals surface area (Å²) in [5.41, 5.74) is 6.83. The maximum atomic E-state index is 6.32. The summed E-state index contributed by atoms with van der Waals surface area (Å²) in [5.74, 6) is 1.39. The lowest BCUT2D eigenvalue weighted by atomic mass is 9.93. The number of nitrogens with zero attached hydrogens (tertiary/aromatic N) is 2. The average Bonchev–Trinajstić information content (AvgIpc) is 2.82. The van der Waals surface area contributed by atoms with Crippen LogP contribution in [0.1, 0.15) is 44.0 Å². The van der Waals surface area contributed by atoms with Crippen molar-refractivity contribution in [2.75, 3.05) is 0 Å². The minimum absolute atomic E-state index is 0.213. The SMILES string of the molecule is CC(C)c1nc(C(C)(N)Cc2ccc(Br)cc2)no1. The van der Waals surface area contributed by atoms with Gasteiger partial charge < -0.3 is 10.3 Å². The van der Waals surface area contributed by atoms with Crippen LogP contribution < -0.4 is 5.73 Å². The fourth-order valence-electron chi connectivity index (χ4n) is 1.81. The first-order valence-electron chi connectivity index (χ1n) is 6.26. The van der Waals surface area contributed by atoms with Crippen LogP contribution in [0.5, 0.6) is 0 Å². The van der Waals surface area contributed by atoms with Crippen LogP contribution in [-0.2, 0) is 12.0 Å². The molecule has 1 atom stereocenters. The monoisotopic (exact) mass is 323 g/mol. The molecule has 0 aliphatic carbocycles. The number of rotatable bonds is 4. The fraction of sp³-hybridized carbons (Fsp3) is 0.429. The van der Waals surface area contributed by atoms with Gasteiger partial charge in [-0.05, 0) is 31.0 Å². The minimum Gasteiger partial charge on any atom is -0.339 e. The van der Waals surface area contributed by atoms with Crippen molar-refractivity contribution in [1.29, 1.82) is 0 Å². The highest BCUT2D eigenvalue weighted by atomic mass is 79.9. The molecule has 0 aliphatic rings. The maximum absolute atomic E-state index is 6.32. The molecule has 1 unspecified atom stereocenters. The van der Waals surface area contributed by atoms with Gasteiger partial charge in [-0.15, -0.1) is 0 Å². The average molecular weight is 324 g/mol. The van der Waals surface area contributed by atoms with Gasteiger partial charge in [-0.3, -0.25) is 0 Å². The molecular formula is C14H18BrN3O. The van der Waals surface area contributed by atoms with E-state index in [1.54, 1.807) is 0 Å². The van der Waals surface area contributed by atoms with E-state index in [2.05, 4.69) is 26.1 Å². The van der Waals surface area contributed by atoms with E-state index < -0.39 is 5.54 Å². The molecule has 0 fully saturated rings. The van der Waals surface area contributed by atoms with Gasteiger partial charge in [0.2, 0.25) is 5.89 Å². The van der Waals surface area contributed by atoms with Crippen LogP contribution in [0, 0.1) is 0 Å². The Morgan fingerprint density at radius 3 is 2.47 bits per heavy atom. The molecule has 2 rings (SSSR count). The normalized spacial score (nSPS) is 14.6. The van der Waals surface area contributed by atoms with Crippen molar-refractivity contribution in [3.8, 4) is 0 Å². The first kappa shape index (κ1) is 14.2. The van der Waals surface area contributed by atoms with Crippen LogP contribution in [-0.4, -0.2) is 10.1 Å². The van der Waals surface area contributed by atoms with Gasteiger partial charge >= 0.3 is 0 Å². The second-order valence-corrected chi connectivity index (χ2v) is 6.25. The van der Waals surface area contributed by atoms with Gasteiger partial charge in [-0.25, -0.2) is 0 Å². The summed E-state index contributed by atoms with van der Waals surface area (Å²) >= 11 is 3.42. The molecule has 0 radical (unpaired) electrons. The number of nitrogens with two attached hydrogens (primary N) is 1. The number of hydrogen-bond donors (Lipinski definition) is 1. The zero-order valence-electron chi connectivity index (χ0n) is 11.4. The first-order valence-corrected chi connectivity index (χ1v) is 7.05. The van der Waals surface area contributed by atoms with Crippen molar-refractivity contribution in [1.82, 2.24) is 10.1 Å². The van der Waals surface area contributed by atoms with E-state index in [9.17, 15) is 0 Å². The van der Waals surface area contributed by atoms with E-state index >= 15 is 0 Å². The molecule has 0 spiro atoms. The molecular weight excluding hydrogens is 306 g/mol. The van der Waals surface area contributed by atoms with E-state index in [0.29, 0.717) is 18.1 Å². The molecule has 0 saturated carbocycles. The summed E-state index contributed by atoms with van der Waals surface area (Å²) in [4.78, 5) is 4.38. The molecule has 2 N–H and O–H groups in total. The van der Waals surface area contributed by atoms with Crippen LogP contribution in [0.3, 0.4) is 0 Å². The number of halogens is 1. The van der Waals surface area contributed by atoms with Crippen molar-refractivity contribution in [3.05, 3.63) is 46.0 Å². The smallest absolute Gasteiger partial charge is 0.229 e. The number of aromatic nitrogens is 2. The fourth-order valence-corrected chi connectivity index (χ4v) is 2.07. The topological polar surface area (TPSA) is 64.9 Å². The Labute approximate surface area is 121 Å². The highest BCUT2D eigenvalue weighted by molar-refractivity contribution is 9.10. The van der Waals surface area contributed by atoms with Crippen molar-refractivity contribution in [2.24, 2.45) is 5.73 Å². The van der Waals surface area contributed by atoms with Crippen LogP contribution >= 0.6 is 15.9 Å². The van der Waals surface area contributed by atoms with Gasteiger partial charge in [-0.1, -0.05) is 47.1 Å². The van der Waals surface area contributed by atoms with E-state index in [1.165, 1.54) is 0 Å². The highest BCUT2D eigenvalue weighted by Crippen LogP contribution is 2.23. The second kappa shape index (κ2) is 5.43.